The molecule has 2 spiro atoms. The molecule has 2 aliphatic heterocycles. The molecule has 0 N–H and O–H groups in total. The number of fused-ring (bicyclic) bond motifs is 22. The molecule has 5 heteroatoms. The van der Waals surface area contributed by atoms with Crippen LogP contribution in [-0.4, -0.2) is 6.71 Å². The first-order valence-electron chi connectivity index (χ1n) is 30.4. The maximum absolute atomic E-state index is 7.06. The minimum atomic E-state index is -0.648. The van der Waals surface area contributed by atoms with E-state index in [4.69, 9.17) is 4.42 Å². The Hall–Kier alpha value is -8.12. The molecule has 0 saturated heterocycles. The Morgan fingerprint density at radius 3 is 1.39 bits per heavy atom. The van der Waals surface area contributed by atoms with Gasteiger partial charge < -0.3 is 14.2 Å². The third-order valence-corrected chi connectivity index (χ3v) is 21.0. The zero-order valence-corrected chi connectivity index (χ0v) is 51.6. The fourth-order valence-electron chi connectivity index (χ4n) is 15.8. The largest absolute Gasteiger partial charge is 0.464 e. The van der Waals surface area contributed by atoms with Gasteiger partial charge in [0, 0.05) is 48.9 Å². The zero-order chi connectivity index (χ0) is 57.9. The molecule has 0 amide bonds. The summed E-state index contributed by atoms with van der Waals surface area (Å²) in [6.07, 6.45) is 0. The Labute approximate surface area is 500 Å². The number of thiophene rings is 1. The molecule has 11 aromatic rings. The molecule has 0 unspecified atom stereocenters. The number of furan rings is 1. The van der Waals surface area contributed by atoms with E-state index in [0.717, 1.165) is 11.5 Å². The second-order valence-electron chi connectivity index (χ2n) is 28.9. The van der Waals surface area contributed by atoms with Gasteiger partial charge in [0.25, 0.3) is 6.71 Å². The molecule has 3 nitrogen and oxygen atoms in total. The monoisotopic (exact) mass is 1110 g/mol. The Morgan fingerprint density at radius 1 is 0.393 bits per heavy atom. The predicted molar refractivity (Wildman–Crippen MR) is 356 cm³/mol. The van der Waals surface area contributed by atoms with E-state index in [1.54, 1.807) is 0 Å². The van der Waals surface area contributed by atoms with E-state index in [0.29, 0.717) is 0 Å². The van der Waals surface area contributed by atoms with Crippen LogP contribution in [0.4, 0.5) is 34.1 Å². The number of hydrogen-bond acceptors (Lipinski definition) is 4. The second kappa shape index (κ2) is 17.0. The number of aryl methyl sites for hydroxylation is 1. The average Bonchev–Trinajstić information content (AvgIpc) is 1.42. The molecule has 0 bridgehead atoms. The zero-order valence-electron chi connectivity index (χ0n) is 50.8. The molecule has 2 aromatic heterocycles. The van der Waals surface area contributed by atoms with E-state index >= 15 is 0 Å². The maximum atomic E-state index is 7.06. The highest BCUT2D eigenvalue weighted by atomic mass is 32.1. The Bertz CT molecular complexity index is 4570. The minimum Gasteiger partial charge on any atom is -0.464 e. The molecular formula is C79H71BN2OS. The summed E-state index contributed by atoms with van der Waals surface area (Å²) >= 11 is 2.01. The van der Waals surface area contributed by atoms with Gasteiger partial charge in [-0.05, 0) is 178 Å². The van der Waals surface area contributed by atoms with Crippen molar-refractivity contribution in [2.24, 2.45) is 0 Å². The van der Waals surface area contributed by atoms with Gasteiger partial charge in [0.15, 0.2) is 0 Å². The van der Waals surface area contributed by atoms with Crippen molar-refractivity contribution in [3.63, 3.8) is 0 Å². The fraction of sp³-hybridized carbons (Fsp3) is 0.241. The molecule has 16 rings (SSSR count). The SMILES string of the molecule is Cc1cc2c(o1)C1(c3ccccc3-2)c2ccccc2C2(c3ccccc3-c3cc4c5c(sc4cc32)B2c3ccc(C(C)(C)C)cc3N(c3ccc(C(C)(C)C)cc3)c3cc(C(C)(C)C)cc(c32)N5c2ccc(C(C)(C)C)cc2)c2ccccc21. The highest BCUT2D eigenvalue weighted by Crippen LogP contribution is 2.68. The molecule has 0 fully saturated rings. The number of hydrogen-bond donors (Lipinski definition) is 0. The van der Waals surface area contributed by atoms with E-state index in [9.17, 15) is 0 Å². The molecule has 412 valence electrons. The highest BCUT2D eigenvalue weighted by molar-refractivity contribution is 7.33. The number of rotatable bonds is 2. The van der Waals surface area contributed by atoms with E-state index in [1.165, 1.54) is 143 Å². The van der Waals surface area contributed by atoms with Gasteiger partial charge in [0.1, 0.15) is 16.9 Å². The van der Waals surface area contributed by atoms with Gasteiger partial charge >= 0.3 is 0 Å². The first kappa shape index (κ1) is 51.5. The molecule has 0 saturated carbocycles. The van der Waals surface area contributed by atoms with E-state index in [-0.39, 0.29) is 28.4 Å². The third kappa shape index (κ3) is 6.76. The molecule has 0 atom stereocenters. The van der Waals surface area contributed by atoms with Crippen LogP contribution in [0.2, 0.25) is 0 Å². The predicted octanol–water partition coefficient (Wildman–Crippen LogP) is 19.1. The second-order valence-corrected chi connectivity index (χ2v) is 30.0. The molecule has 3 aliphatic carbocycles. The van der Waals surface area contributed by atoms with E-state index in [1.807, 2.05) is 11.3 Å². The standard InChI is InChI=1S/C79H71BN2OS/c1-46-40-56-54-23-15-17-25-59(54)79(72(56)83-46)62-28-20-18-26-60(62)78(61-27-19-21-29-63(61)79)58-24-16-14-22-53(58)55-44-57-69(45-64(55)78)84-73-71(57)82(52-37-32-48(33-38-52)75(5,6)7)68-43-50(77(11,12)13)42-67-70(68)80(73)65-39-34-49(76(8,9)10)41-66(65)81(67)51-35-30-47(31-36-51)74(2,3)4/h14-45H,1-13H3. The summed E-state index contributed by atoms with van der Waals surface area (Å²) in [5.41, 5.74) is 28.1. The molecular weight excluding hydrogens is 1040 g/mol. The summed E-state index contributed by atoms with van der Waals surface area (Å²) < 4.78 is 9.74. The van der Waals surface area contributed by atoms with Crippen molar-refractivity contribution in [3.8, 4) is 22.3 Å². The van der Waals surface area contributed by atoms with Gasteiger partial charge in [-0.1, -0.05) is 217 Å². The van der Waals surface area contributed by atoms with Crippen molar-refractivity contribution in [1.29, 1.82) is 0 Å². The van der Waals surface area contributed by atoms with Gasteiger partial charge in [-0.2, -0.15) is 0 Å². The van der Waals surface area contributed by atoms with Gasteiger partial charge in [0.2, 0.25) is 0 Å². The van der Waals surface area contributed by atoms with Crippen molar-refractivity contribution in [2.45, 2.75) is 122 Å². The van der Waals surface area contributed by atoms with E-state index < -0.39 is 10.8 Å². The smallest absolute Gasteiger partial charge is 0.264 e. The number of anilines is 6. The molecule has 5 aliphatic rings. The maximum Gasteiger partial charge on any atom is 0.264 e. The Kier molecular flexibility index (Phi) is 10.5. The van der Waals surface area contributed by atoms with Crippen LogP contribution in [-0.2, 0) is 32.5 Å². The summed E-state index contributed by atoms with van der Waals surface area (Å²) in [5.74, 6) is 1.96. The van der Waals surface area contributed by atoms with Gasteiger partial charge in [0.05, 0.1) is 11.1 Å². The van der Waals surface area contributed by atoms with Gasteiger partial charge in [-0.25, -0.2) is 0 Å². The van der Waals surface area contributed by atoms with Crippen molar-refractivity contribution >= 4 is 78.0 Å². The average molecular weight is 1110 g/mol. The highest BCUT2D eigenvalue weighted by Gasteiger charge is 2.61. The quantitative estimate of drug-likeness (QED) is 0.161. The van der Waals surface area contributed by atoms with Crippen LogP contribution in [0.1, 0.15) is 156 Å². The lowest BCUT2D eigenvalue weighted by Gasteiger charge is -2.47. The summed E-state index contributed by atoms with van der Waals surface area (Å²) in [7, 11) is 0. The van der Waals surface area contributed by atoms with Crippen LogP contribution in [0, 0.1) is 6.92 Å². The number of nitrogens with zero attached hydrogens (tertiary/aromatic N) is 2. The lowest BCUT2D eigenvalue weighted by Crippen LogP contribution is -2.60. The first-order valence-corrected chi connectivity index (χ1v) is 31.2. The van der Waals surface area contributed by atoms with Crippen LogP contribution in [0.3, 0.4) is 0 Å². The first-order chi connectivity index (χ1) is 40.1. The summed E-state index contributed by atoms with van der Waals surface area (Å²) in [4.78, 5) is 5.30. The normalized spacial score (nSPS) is 17.8. The van der Waals surface area contributed by atoms with Crippen LogP contribution in [0.5, 0.6) is 0 Å². The lowest BCUT2D eigenvalue weighted by atomic mass is 9.36. The summed E-state index contributed by atoms with van der Waals surface area (Å²) in [5, 5.41) is 1.29. The topological polar surface area (TPSA) is 19.6 Å². The van der Waals surface area contributed by atoms with Crippen LogP contribution >= 0.6 is 11.3 Å². The van der Waals surface area contributed by atoms with Crippen molar-refractivity contribution in [2.75, 3.05) is 9.80 Å². The van der Waals surface area contributed by atoms with E-state index in [2.05, 4.69) is 294 Å². The van der Waals surface area contributed by atoms with Crippen molar-refractivity contribution in [1.82, 2.24) is 0 Å². The fourth-order valence-corrected chi connectivity index (χ4v) is 17.1. The molecule has 9 aromatic carbocycles. The Balaban J connectivity index is 1.01. The molecule has 4 heterocycles. The molecule has 84 heavy (non-hydrogen) atoms. The Morgan fingerprint density at radius 2 is 0.845 bits per heavy atom. The van der Waals surface area contributed by atoms with Crippen LogP contribution in [0.15, 0.2) is 199 Å². The molecule has 0 radical (unpaired) electrons. The minimum absolute atomic E-state index is 0.00399. The summed E-state index contributed by atoms with van der Waals surface area (Å²) in [6, 6.07) is 76.3. The van der Waals surface area contributed by atoms with Crippen molar-refractivity contribution < 1.29 is 4.42 Å². The third-order valence-electron chi connectivity index (χ3n) is 19.8. The van der Waals surface area contributed by atoms with Crippen molar-refractivity contribution in [3.05, 3.63) is 267 Å². The van der Waals surface area contributed by atoms with Crippen LogP contribution < -0.4 is 25.5 Å². The number of benzene rings is 9. The van der Waals surface area contributed by atoms with Gasteiger partial charge in [-0.3, -0.25) is 0 Å². The summed E-state index contributed by atoms with van der Waals surface area (Å²) in [6.45, 7) is 30.2. The van der Waals surface area contributed by atoms with Crippen LogP contribution in [0.25, 0.3) is 32.3 Å². The van der Waals surface area contributed by atoms with Gasteiger partial charge in [-0.15, -0.1) is 11.3 Å². The lowest BCUT2D eigenvalue weighted by molar-refractivity contribution is 0.439.